The van der Waals surface area contributed by atoms with E-state index < -0.39 is 11.8 Å². The van der Waals surface area contributed by atoms with Gasteiger partial charge in [0.05, 0.1) is 6.61 Å². The molecule has 0 bridgehead atoms. The molecule has 206 valence electrons. The topological polar surface area (TPSA) is 97.4 Å². The zero-order valence-corrected chi connectivity index (χ0v) is 22.4. The number of carbonyl (C=O) groups is 3. The zero-order chi connectivity index (χ0) is 27.7. The minimum Gasteiger partial charge on any atom is -0.454 e. The van der Waals surface area contributed by atoms with E-state index in [1.54, 1.807) is 58.3 Å². The molecular weight excluding hydrogens is 534 g/mol. The molecule has 1 spiro atoms. The Labute approximate surface area is 236 Å². The van der Waals surface area contributed by atoms with Crippen LogP contribution in [0.15, 0.2) is 72.8 Å². The van der Waals surface area contributed by atoms with Gasteiger partial charge in [-0.05, 0) is 54.1 Å². The molecule has 3 aliphatic rings. The standard InChI is InChI=1S/C30H28ClN3O6/c31-23-9-7-22(8-10-23)28(36)33-14-12-30(13-15-33)34(29(37)21-4-2-1-3-5-21)24(18-40-30)27(35)32-17-20-6-11-25-26(16-20)39-19-38-25/h1-11,16,24H,12-15,17-19H2,(H,32,35)/t24-/m0/s1. The number of piperidine rings is 1. The summed E-state index contributed by atoms with van der Waals surface area (Å²) in [7, 11) is 0. The number of carbonyl (C=O) groups excluding carboxylic acids is 3. The van der Waals surface area contributed by atoms with Crippen LogP contribution < -0.4 is 14.8 Å². The van der Waals surface area contributed by atoms with E-state index in [-0.39, 0.29) is 37.7 Å². The first-order chi connectivity index (χ1) is 19.4. The number of amides is 3. The lowest BCUT2D eigenvalue weighted by molar-refractivity contribution is -0.128. The SMILES string of the molecule is O=C(NCc1ccc2c(c1)OCO2)[C@@H]1COC2(CCN(C(=O)c3ccc(Cl)cc3)CC2)N1C(=O)c1ccccc1. The highest BCUT2D eigenvalue weighted by Crippen LogP contribution is 2.39. The quantitative estimate of drug-likeness (QED) is 0.508. The summed E-state index contributed by atoms with van der Waals surface area (Å²) in [5.74, 6) is 0.609. The summed E-state index contributed by atoms with van der Waals surface area (Å²) in [6.07, 6.45) is 0.772. The van der Waals surface area contributed by atoms with Crippen molar-refractivity contribution in [3.8, 4) is 11.5 Å². The van der Waals surface area contributed by atoms with Gasteiger partial charge in [-0.2, -0.15) is 0 Å². The number of fused-ring (bicyclic) bond motifs is 1. The third kappa shape index (κ3) is 4.98. The summed E-state index contributed by atoms with van der Waals surface area (Å²) in [5, 5.41) is 3.52. The summed E-state index contributed by atoms with van der Waals surface area (Å²) in [6.45, 7) is 1.26. The smallest absolute Gasteiger partial charge is 0.256 e. The molecule has 1 atom stereocenters. The third-order valence-electron chi connectivity index (χ3n) is 7.63. The van der Waals surface area contributed by atoms with Crippen LogP contribution in [-0.4, -0.2) is 65.8 Å². The highest BCUT2D eigenvalue weighted by molar-refractivity contribution is 6.30. The zero-order valence-electron chi connectivity index (χ0n) is 21.7. The van der Waals surface area contributed by atoms with E-state index in [1.807, 2.05) is 24.3 Å². The van der Waals surface area contributed by atoms with Gasteiger partial charge in [0.2, 0.25) is 12.7 Å². The molecule has 3 aromatic rings. The van der Waals surface area contributed by atoms with Gasteiger partial charge in [-0.1, -0.05) is 35.9 Å². The lowest BCUT2D eigenvalue weighted by Gasteiger charge is -2.44. The normalized spacial score (nSPS) is 19.1. The fraction of sp³-hybridized carbons (Fsp3) is 0.300. The van der Waals surface area contributed by atoms with Gasteiger partial charge in [0, 0.05) is 48.6 Å². The molecular formula is C30H28ClN3O6. The number of nitrogens with one attached hydrogen (secondary N) is 1. The van der Waals surface area contributed by atoms with Gasteiger partial charge < -0.3 is 24.4 Å². The average Bonchev–Trinajstić information content (AvgIpc) is 3.61. The Morgan fingerprint density at radius 1 is 0.875 bits per heavy atom. The second-order valence-electron chi connectivity index (χ2n) is 10.0. The van der Waals surface area contributed by atoms with Crippen LogP contribution >= 0.6 is 11.6 Å². The summed E-state index contributed by atoms with van der Waals surface area (Å²) in [4.78, 5) is 43.8. The molecule has 0 aromatic heterocycles. The van der Waals surface area contributed by atoms with E-state index >= 15 is 0 Å². The molecule has 3 aromatic carbocycles. The minimum atomic E-state index is -0.996. The number of benzene rings is 3. The van der Waals surface area contributed by atoms with Crippen molar-refractivity contribution in [1.29, 1.82) is 0 Å². The predicted molar refractivity (Wildman–Crippen MR) is 146 cm³/mol. The first-order valence-electron chi connectivity index (χ1n) is 13.2. The number of rotatable bonds is 5. The van der Waals surface area contributed by atoms with Crippen LogP contribution in [0.2, 0.25) is 5.02 Å². The van der Waals surface area contributed by atoms with Gasteiger partial charge in [0.1, 0.15) is 11.8 Å². The van der Waals surface area contributed by atoms with Gasteiger partial charge in [0.25, 0.3) is 11.8 Å². The Morgan fingerprint density at radius 2 is 1.57 bits per heavy atom. The van der Waals surface area contributed by atoms with Crippen LogP contribution in [0.5, 0.6) is 11.5 Å². The highest BCUT2D eigenvalue weighted by atomic mass is 35.5. The van der Waals surface area contributed by atoms with Crippen LogP contribution in [0, 0.1) is 0 Å². The van der Waals surface area contributed by atoms with Crippen molar-refractivity contribution in [1.82, 2.24) is 15.1 Å². The van der Waals surface area contributed by atoms with Crippen LogP contribution in [0.4, 0.5) is 0 Å². The van der Waals surface area contributed by atoms with Crippen LogP contribution in [0.25, 0.3) is 0 Å². The summed E-state index contributed by atoms with van der Waals surface area (Å²) >= 11 is 5.98. The van der Waals surface area contributed by atoms with E-state index in [9.17, 15) is 14.4 Å². The van der Waals surface area contributed by atoms with Crippen molar-refractivity contribution in [3.05, 3.63) is 94.5 Å². The summed E-state index contributed by atoms with van der Waals surface area (Å²) in [5.41, 5.74) is 0.872. The van der Waals surface area contributed by atoms with Gasteiger partial charge in [0.15, 0.2) is 11.5 Å². The number of hydrogen-bond donors (Lipinski definition) is 1. The largest absolute Gasteiger partial charge is 0.454 e. The molecule has 0 unspecified atom stereocenters. The Balaban J connectivity index is 1.19. The molecule has 3 aliphatic heterocycles. The molecule has 9 nitrogen and oxygen atoms in total. The molecule has 10 heteroatoms. The lowest BCUT2D eigenvalue weighted by Crippen LogP contribution is -2.59. The fourth-order valence-corrected chi connectivity index (χ4v) is 5.60. The van der Waals surface area contributed by atoms with Gasteiger partial charge in [-0.15, -0.1) is 0 Å². The van der Waals surface area contributed by atoms with Crippen molar-refractivity contribution in [2.45, 2.75) is 31.2 Å². The van der Waals surface area contributed by atoms with Crippen LogP contribution in [-0.2, 0) is 16.1 Å². The first kappa shape index (κ1) is 26.2. The molecule has 0 aliphatic carbocycles. The highest BCUT2D eigenvalue weighted by Gasteiger charge is 2.54. The van der Waals surface area contributed by atoms with E-state index in [4.69, 9.17) is 25.8 Å². The van der Waals surface area contributed by atoms with Crippen LogP contribution in [0.3, 0.4) is 0 Å². The van der Waals surface area contributed by atoms with E-state index in [2.05, 4.69) is 5.32 Å². The number of likely N-dealkylation sites (tertiary alicyclic amines) is 1. The van der Waals surface area contributed by atoms with Gasteiger partial charge >= 0.3 is 0 Å². The first-order valence-corrected chi connectivity index (χ1v) is 13.6. The molecule has 3 heterocycles. The Hall–Kier alpha value is -4.08. The number of hydrogen-bond acceptors (Lipinski definition) is 6. The third-order valence-corrected chi connectivity index (χ3v) is 7.88. The average molecular weight is 562 g/mol. The number of nitrogens with zero attached hydrogens (tertiary/aromatic N) is 2. The Kier molecular flexibility index (Phi) is 7.08. The molecule has 2 saturated heterocycles. The van der Waals surface area contributed by atoms with Crippen LogP contribution in [0.1, 0.15) is 39.1 Å². The maximum absolute atomic E-state index is 13.8. The van der Waals surface area contributed by atoms with Crippen molar-refractivity contribution >= 4 is 29.3 Å². The number of ether oxygens (including phenoxy) is 3. The predicted octanol–water partition coefficient (Wildman–Crippen LogP) is 3.86. The molecule has 0 radical (unpaired) electrons. The van der Waals surface area contributed by atoms with E-state index in [0.29, 0.717) is 53.6 Å². The van der Waals surface area contributed by atoms with Gasteiger partial charge in [-0.3, -0.25) is 19.3 Å². The monoisotopic (exact) mass is 561 g/mol. The summed E-state index contributed by atoms with van der Waals surface area (Å²) in [6, 6.07) is 20.3. The molecule has 40 heavy (non-hydrogen) atoms. The molecule has 1 N–H and O–H groups in total. The molecule has 3 amide bonds. The molecule has 2 fully saturated rings. The van der Waals surface area contributed by atoms with Crippen molar-refractivity contribution in [3.63, 3.8) is 0 Å². The van der Waals surface area contributed by atoms with Crippen molar-refractivity contribution in [2.24, 2.45) is 0 Å². The maximum atomic E-state index is 13.8. The Bertz CT molecular complexity index is 1420. The molecule has 6 rings (SSSR count). The minimum absolute atomic E-state index is 0.0661. The maximum Gasteiger partial charge on any atom is 0.256 e. The van der Waals surface area contributed by atoms with E-state index in [1.165, 1.54) is 0 Å². The van der Waals surface area contributed by atoms with Gasteiger partial charge in [-0.25, -0.2) is 0 Å². The molecule has 0 saturated carbocycles. The fourth-order valence-electron chi connectivity index (χ4n) is 5.48. The lowest BCUT2D eigenvalue weighted by atomic mass is 9.96. The van der Waals surface area contributed by atoms with Crippen molar-refractivity contribution < 1.29 is 28.6 Å². The second kappa shape index (κ2) is 10.8. The summed E-state index contributed by atoms with van der Waals surface area (Å²) < 4.78 is 17.1. The Morgan fingerprint density at radius 3 is 2.33 bits per heavy atom. The second-order valence-corrected chi connectivity index (χ2v) is 10.5. The van der Waals surface area contributed by atoms with Crippen molar-refractivity contribution in [2.75, 3.05) is 26.5 Å². The van der Waals surface area contributed by atoms with E-state index in [0.717, 1.165) is 5.56 Å². The number of halogens is 1.